The van der Waals surface area contributed by atoms with Crippen molar-refractivity contribution in [1.29, 1.82) is 0 Å². The zero-order valence-electron chi connectivity index (χ0n) is 18.6. The summed E-state index contributed by atoms with van der Waals surface area (Å²) < 4.78 is 32.7. The van der Waals surface area contributed by atoms with E-state index in [-0.39, 0.29) is 44.2 Å². The normalized spacial score (nSPS) is 17.0. The van der Waals surface area contributed by atoms with E-state index in [1.807, 2.05) is 6.07 Å². The highest BCUT2D eigenvalue weighted by Gasteiger charge is 2.48. The van der Waals surface area contributed by atoms with E-state index in [9.17, 15) is 22.8 Å². The van der Waals surface area contributed by atoms with E-state index in [0.717, 1.165) is 4.90 Å². The van der Waals surface area contributed by atoms with Crippen molar-refractivity contribution in [3.05, 3.63) is 30.3 Å². The van der Waals surface area contributed by atoms with Gasteiger partial charge in [-0.3, -0.25) is 14.5 Å². The molecule has 0 bridgehead atoms. The molecule has 1 fully saturated rings. The van der Waals surface area contributed by atoms with E-state index >= 15 is 0 Å². The molecule has 10 nitrogen and oxygen atoms in total. The molecule has 3 amide bonds. The van der Waals surface area contributed by atoms with Crippen LogP contribution < -0.4 is 9.46 Å². The second-order valence-corrected chi connectivity index (χ2v) is 10.2. The highest BCUT2D eigenvalue weighted by Crippen LogP contribution is 2.26. The third-order valence-electron chi connectivity index (χ3n) is 5.47. The molecule has 11 heteroatoms. The first-order valence-electron chi connectivity index (χ1n) is 10.4. The molecule has 1 atom stereocenters. The van der Waals surface area contributed by atoms with Crippen molar-refractivity contribution >= 4 is 27.9 Å². The van der Waals surface area contributed by atoms with E-state index in [1.165, 1.54) is 4.90 Å². The molecule has 1 aromatic rings. The van der Waals surface area contributed by atoms with Crippen LogP contribution in [0.5, 0.6) is 5.75 Å². The van der Waals surface area contributed by atoms with Gasteiger partial charge in [0, 0.05) is 26.6 Å². The van der Waals surface area contributed by atoms with Gasteiger partial charge in [0.15, 0.2) is 0 Å². The number of imide groups is 1. The summed E-state index contributed by atoms with van der Waals surface area (Å²) in [4.78, 5) is 38.4. The van der Waals surface area contributed by atoms with Gasteiger partial charge in [0.1, 0.15) is 17.9 Å². The Morgan fingerprint density at radius 3 is 2.44 bits per heavy atom. The summed E-state index contributed by atoms with van der Waals surface area (Å²) in [5.41, 5.74) is -0.938. The summed E-state index contributed by atoms with van der Waals surface area (Å²) in [5.74, 6) is -1.83. The van der Waals surface area contributed by atoms with Crippen LogP contribution in [0, 0.1) is 5.92 Å². The number of likely N-dealkylation sites (N-methyl/N-ethyl adjacent to an activating group) is 1. The van der Waals surface area contributed by atoms with Gasteiger partial charge in [0.25, 0.3) is 5.91 Å². The first-order chi connectivity index (χ1) is 14.9. The van der Waals surface area contributed by atoms with Gasteiger partial charge < -0.3 is 14.7 Å². The Bertz CT molecular complexity index is 919. The van der Waals surface area contributed by atoms with Crippen molar-refractivity contribution in [2.75, 3.05) is 32.5 Å². The molecule has 1 heterocycles. The quantitative estimate of drug-likeness (QED) is 0.331. The average molecular weight is 470 g/mol. The highest BCUT2D eigenvalue weighted by molar-refractivity contribution is 7.89. The molecular weight excluding hydrogens is 438 g/mol. The molecular formula is C21H31N3O7S. The fourth-order valence-corrected chi connectivity index (χ4v) is 4.88. The van der Waals surface area contributed by atoms with E-state index in [1.54, 1.807) is 45.2 Å². The third kappa shape index (κ3) is 6.92. The lowest BCUT2D eigenvalue weighted by Crippen LogP contribution is -2.41. The number of carbonyl (C=O) groups excluding carboxylic acids is 2. The number of nitrogens with zero attached hydrogens (tertiary/aromatic N) is 2. The molecule has 1 unspecified atom stereocenters. The number of sulfonamides is 1. The van der Waals surface area contributed by atoms with Crippen molar-refractivity contribution in [3.63, 3.8) is 0 Å². The standard InChI is InChI=1S/C21H31N3O7S/c1-21(2)19(27)24(20(28)23(21)3)12-7-8-16(14-18(25)26)15-32(29,30)22-11-13-31-17-9-5-4-6-10-17/h4-6,9-10,16,22H,7-8,11-15H2,1-3H3,(H,25,26). The van der Waals surface area contributed by atoms with Gasteiger partial charge in [-0.05, 0) is 44.7 Å². The molecule has 0 radical (unpaired) electrons. The Labute approximate surface area is 188 Å². The van der Waals surface area contributed by atoms with Crippen molar-refractivity contribution in [2.24, 2.45) is 5.92 Å². The van der Waals surface area contributed by atoms with Crippen LogP contribution in [0.1, 0.15) is 33.1 Å². The number of urea groups is 1. The summed E-state index contributed by atoms with van der Waals surface area (Å²) in [7, 11) is -2.18. The van der Waals surface area contributed by atoms with E-state index in [2.05, 4.69) is 4.72 Å². The maximum absolute atomic E-state index is 12.4. The highest BCUT2D eigenvalue weighted by atomic mass is 32.2. The number of carboxylic acids is 1. The molecule has 2 rings (SSSR count). The molecule has 178 valence electrons. The van der Waals surface area contributed by atoms with Crippen LogP contribution in [0.25, 0.3) is 0 Å². The third-order valence-corrected chi connectivity index (χ3v) is 7.03. The van der Waals surface area contributed by atoms with Crippen molar-refractivity contribution < 1.29 is 32.6 Å². The molecule has 0 aromatic heterocycles. The Morgan fingerprint density at radius 1 is 1.22 bits per heavy atom. The number of carbonyl (C=O) groups is 3. The lowest BCUT2D eigenvalue weighted by molar-refractivity contribution is -0.138. The lowest BCUT2D eigenvalue weighted by atomic mass is 10.0. The van der Waals surface area contributed by atoms with Crippen LogP contribution in [0.2, 0.25) is 0 Å². The van der Waals surface area contributed by atoms with Gasteiger partial charge in [-0.1, -0.05) is 18.2 Å². The number of benzene rings is 1. The largest absolute Gasteiger partial charge is 0.492 e. The number of carboxylic acid groups (broad SMARTS) is 1. The Hall–Kier alpha value is -2.66. The Morgan fingerprint density at radius 2 is 1.88 bits per heavy atom. The molecule has 0 aliphatic carbocycles. The minimum Gasteiger partial charge on any atom is -0.492 e. The van der Waals surface area contributed by atoms with Gasteiger partial charge in [0.2, 0.25) is 10.0 Å². The lowest BCUT2D eigenvalue weighted by Gasteiger charge is -2.22. The second-order valence-electron chi connectivity index (χ2n) is 8.30. The predicted molar refractivity (Wildman–Crippen MR) is 118 cm³/mol. The molecule has 1 aliphatic heterocycles. The molecule has 1 aromatic carbocycles. The van der Waals surface area contributed by atoms with Crippen LogP contribution in [-0.4, -0.2) is 79.3 Å². The van der Waals surface area contributed by atoms with Crippen molar-refractivity contribution in [3.8, 4) is 5.75 Å². The topological polar surface area (TPSA) is 133 Å². The monoisotopic (exact) mass is 469 g/mol. The van der Waals surface area contributed by atoms with Gasteiger partial charge in [-0.25, -0.2) is 17.9 Å². The second kappa shape index (κ2) is 10.8. The zero-order valence-corrected chi connectivity index (χ0v) is 19.4. The Kier molecular flexibility index (Phi) is 8.62. The van der Waals surface area contributed by atoms with Crippen LogP contribution >= 0.6 is 0 Å². The number of hydrogen-bond donors (Lipinski definition) is 2. The maximum atomic E-state index is 12.4. The van der Waals surface area contributed by atoms with Crippen LogP contribution in [-0.2, 0) is 19.6 Å². The number of ether oxygens (including phenoxy) is 1. The number of aliphatic carboxylic acids is 1. The van der Waals surface area contributed by atoms with Crippen LogP contribution in [0.3, 0.4) is 0 Å². The molecule has 0 spiro atoms. The molecule has 1 saturated heterocycles. The first-order valence-corrected chi connectivity index (χ1v) is 12.1. The fourth-order valence-electron chi connectivity index (χ4n) is 3.46. The van der Waals surface area contributed by atoms with Gasteiger partial charge in [-0.2, -0.15) is 0 Å². The average Bonchev–Trinajstić information content (AvgIpc) is 2.86. The van der Waals surface area contributed by atoms with Gasteiger partial charge in [-0.15, -0.1) is 0 Å². The zero-order chi connectivity index (χ0) is 23.9. The SMILES string of the molecule is CN1C(=O)N(CCCC(CC(=O)O)CS(=O)(=O)NCCOc2ccccc2)C(=O)C1(C)C. The molecule has 2 N–H and O–H groups in total. The van der Waals surface area contributed by atoms with Gasteiger partial charge >= 0.3 is 12.0 Å². The van der Waals surface area contributed by atoms with Gasteiger partial charge in [0.05, 0.1) is 5.75 Å². The van der Waals surface area contributed by atoms with E-state index < -0.39 is 33.5 Å². The summed E-state index contributed by atoms with van der Waals surface area (Å²) in [5, 5.41) is 9.16. The van der Waals surface area contributed by atoms with E-state index in [0.29, 0.717) is 12.2 Å². The van der Waals surface area contributed by atoms with Crippen LogP contribution in [0.4, 0.5) is 4.79 Å². The molecule has 32 heavy (non-hydrogen) atoms. The minimum atomic E-state index is -3.73. The van der Waals surface area contributed by atoms with Crippen LogP contribution in [0.15, 0.2) is 30.3 Å². The summed E-state index contributed by atoms with van der Waals surface area (Å²) >= 11 is 0. The molecule has 1 aliphatic rings. The number of nitrogens with one attached hydrogen (secondary N) is 1. The number of hydrogen-bond acceptors (Lipinski definition) is 6. The predicted octanol–water partition coefficient (Wildman–Crippen LogP) is 1.53. The van der Waals surface area contributed by atoms with E-state index in [4.69, 9.17) is 9.84 Å². The summed E-state index contributed by atoms with van der Waals surface area (Å²) in [6.45, 7) is 3.60. The van der Waals surface area contributed by atoms with Crippen molar-refractivity contribution in [2.45, 2.75) is 38.6 Å². The maximum Gasteiger partial charge on any atom is 0.327 e. The fraction of sp³-hybridized carbons (Fsp3) is 0.571. The Balaban J connectivity index is 1.84. The number of para-hydroxylation sites is 1. The molecule has 0 saturated carbocycles. The summed E-state index contributed by atoms with van der Waals surface area (Å²) in [6, 6.07) is 8.55. The first kappa shape index (κ1) is 25.6. The number of amides is 3. The smallest absolute Gasteiger partial charge is 0.327 e. The summed E-state index contributed by atoms with van der Waals surface area (Å²) in [6.07, 6.45) is 0.232. The van der Waals surface area contributed by atoms with Crippen molar-refractivity contribution in [1.82, 2.24) is 14.5 Å². The number of rotatable bonds is 13. The minimum absolute atomic E-state index is 0.0508.